The molecular formula is C14H22. The Bertz CT molecular complexity index is 191. The fraction of sp³-hybridized carbons (Fsp3) is 0.571. The first-order chi connectivity index (χ1) is 6.91. The second kappa shape index (κ2) is 12.0. The van der Waals surface area contributed by atoms with Crippen molar-refractivity contribution in [3.05, 3.63) is 24.3 Å². The summed E-state index contributed by atoms with van der Waals surface area (Å²) in [6.45, 7) is 2.21. The third kappa shape index (κ3) is 11.0. The first kappa shape index (κ1) is 13.0. The highest BCUT2D eigenvalue weighted by atomic mass is 13.9. The van der Waals surface area contributed by atoms with Crippen LogP contribution in [0.5, 0.6) is 0 Å². The van der Waals surface area contributed by atoms with E-state index in [0.29, 0.717) is 0 Å². The molecular weight excluding hydrogens is 168 g/mol. The van der Waals surface area contributed by atoms with E-state index < -0.39 is 0 Å². The average Bonchev–Trinajstić information content (AvgIpc) is 2.21. The second-order valence-electron chi connectivity index (χ2n) is 3.41. The summed E-state index contributed by atoms with van der Waals surface area (Å²) in [5, 5.41) is 0. The summed E-state index contributed by atoms with van der Waals surface area (Å²) in [5.74, 6) is 2.63. The first-order valence-electron chi connectivity index (χ1n) is 5.65. The Kier molecular flexibility index (Phi) is 11.2. The first-order valence-corrected chi connectivity index (χ1v) is 5.65. The highest BCUT2D eigenvalue weighted by Gasteiger charge is 1.81. The monoisotopic (exact) mass is 190 g/mol. The van der Waals surface area contributed by atoms with Gasteiger partial charge in [0, 0.05) is 6.42 Å². The van der Waals surface area contributed by atoms with Crippen LogP contribution in [0.2, 0.25) is 0 Å². The summed E-state index contributed by atoms with van der Waals surface area (Å²) in [7, 11) is 0. The molecule has 0 unspecified atom stereocenters. The van der Waals surface area contributed by atoms with Crippen LogP contribution >= 0.6 is 0 Å². The van der Waals surface area contributed by atoms with Gasteiger partial charge in [0.25, 0.3) is 0 Å². The number of terminal acetylenes is 1. The Morgan fingerprint density at radius 2 is 1.50 bits per heavy atom. The molecule has 0 atom stereocenters. The molecule has 0 nitrogen and oxygen atoms in total. The van der Waals surface area contributed by atoms with Gasteiger partial charge in [0.2, 0.25) is 0 Å². The summed E-state index contributed by atoms with van der Waals surface area (Å²) in [5.41, 5.74) is 0. The lowest BCUT2D eigenvalue weighted by molar-refractivity contribution is 0.854. The van der Waals surface area contributed by atoms with Gasteiger partial charge in [-0.1, -0.05) is 37.6 Å². The van der Waals surface area contributed by atoms with Crippen molar-refractivity contribution in [3.63, 3.8) is 0 Å². The predicted molar refractivity (Wildman–Crippen MR) is 65.1 cm³/mol. The Labute approximate surface area is 89.1 Å². The van der Waals surface area contributed by atoms with E-state index in [4.69, 9.17) is 6.42 Å². The Balaban J connectivity index is 3.13. The molecule has 0 fully saturated rings. The molecule has 0 aromatic carbocycles. The number of unbranched alkanes of at least 4 members (excludes halogenated alkanes) is 4. The smallest absolute Gasteiger partial charge is 0.0121 e. The Morgan fingerprint density at radius 3 is 2.07 bits per heavy atom. The number of hydrogen-bond donors (Lipinski definition) is 0. The summed E-state index contributed by atoms with van der Waals surface area (Å²) >= 11 is 0. The highest BCUT2D eigenvalue weighted by molar-refractivity contribution is 4.90. The lowest BCUT2D eigenvalue weighted by atomic mass is 10.2. The topological polar surface area (TPSA) is 0 Å². The molecule has 0 saturated heterocycles. The van der Waals surface area contributed by atoms with E-state index in [1.54, 1.807) is 0 Å². The fourth-order valence-electron chi connectivity index (χ4n) is 1.16. The van der Waals surface area contributed by atoms with Crippen molar-refractivity contribution in [3.8, 4) is 12.3 Å². The van der Waals surface area contributed by atoms with E-state index in [2.05, 4.69) is 37.1 Å². The molecule has 0 aromatic rings. The van der Waals surface area contributed by atoms with Crippen LogP contribution in [0.3, 0.4) is 0 Å². The maximum absolute atomic E-state index is 5.14. The van der Waals surface area contributed by atoms with Crippen LogP contribution in [0.25, 0.3) is 0 Å². The van der Waals surface area contributed by atoms with E-state index in [0.717, 1.165) is 12.8 Å². The van der Waals surface area contributed by atoms with Crippen molar-refractivity contribution < 1.29 is 0 Å². The Hall–Kier alpha value is -0.960. The lowest BCUT2D eigenvalue weighted by Crippen LogP contribution is -1.70. The van der Waals surface area contributed by atoms with Gasteiger partial charge < -0.3 is 0 Å². The van der Waals surface area contributed by atoms with Gasteiger partial charge in [-0.05, 0) is 32.1 Å². The van der Waals surface area contributed by atoms with E-state index in [1.807, 2.05) is 0 Å². The van der Waals surface area contributed by atoms with Gasteiger partial charge in [-0.2, -0.15) is 0 Å². The molecule has 0 aliphatic carbocycles. The molecule has 0 radical (unpaired) electrons. The molecule has 78 valence electrons. The van der Waals surface area contributed by atoms with Crippen molar-refractivity contribution in [2.75, 3.05) is 0 Å². The van der Waals surface area contributed by atoms with E-state index in [9.17, 15) is 0 Å². The van der Waals surface area contributed by atoms with Crippen molar-refractivity contribution in [2.45, 2.75) is 51.9 Å². The molecule has 0 heterocycles. The number of allylic oxidation sites excluding steroid dienone is 4. The van der Waals surface area contributed by atoms with Crippen LogP contribution < -0.4 is 0 Å². The van der Waals surface area contributed by atoms with Crippen molar-refractivity contribution in [1.82, 2.24) is 0 Å². The minimum atomic E-state index is 0.868. The van der Waals surface area contributed by atoms with Crippen LogP contribution in [-0.2, 0) is 0 Å². The molecule has 0 saturated carbocycles. The van der Waals surface area contributed by atoms with Gasteiger partial charge in [-0.25, -0.2) is 0 Å². The maximum Gasteiger partial charge on any atom is 0.0121 e. The fourth-order valence-corrected chi connectivity index (χ4v) is 1.16. The number of rotatable bonds is 8. The number of hydrogen-bond acceptors (Lipinski definition) is 0. The van der Waals surface area contributed by atoms with Gasteiger partial charge >= 0.3 is 0 Å². The molecule has 0 aliphatic rings. The lowest BCUT2D eigenvalue weighted by Gasteiger charge is -1.90. The summed E-state index contributed by atoms with van der Waals surface area (Å²) in [4.78, 5) is 0. The minimum Gasteiger partial charge on any atom is -0.120 e. The molecule has 0 aliphatic heterocycles. The molecule has 14 heavy (non-hydrogen) atoms. The van der Waals surface area contributed by atoms with Gasteiger partial charge in [0.05, 0.1) is 0 Å². The summed E-state index contributed by atoms with van der Waals surface area (Å²) in [6, 6.07) is 0. The average molecular weight is 190 g/mol. The largest absolute Gasteiger partial charge is 0.120 e. The molecule has 0 rings (SSSR count). The van der Waals surface area contributed by atoms with Gasteiger partial charge in [-0.15, -0.1) is 12.3 Å². The normalized spacial score (nSPS) is 11.1. The van der Waals surface area contributed by atoms with Crippen LogP contribution in [0.1, 0.15) is 51.9 Å². The van der Waals surface area contributed by atoms with Crippen molar-refractivity contribution in [2.24, 2.45) is 0 Å². The van der Waals surface area contributed by atoms with Crippen LogP contribution in [0, 0.1) is 12.3 Å². The zero-order valence-corrected chi connectivity index (χ0v) is 9.34. The second-order valence-corrected chi connectivity index (χ2v) is 3.41. The van der Waals surface area contributed by atoms with Crippen molar-refractivity contribution in [1.29, 1.82) is 0 Å². The molecule has 0 spiro atoms. The van der Waals surface area contributed by atoms with Crippen molar-refractivity contribution >= 4 is 0 Å². The molecule has 0 bridgehead atoms. The van der Waals surface area contributed by atoms with Crippen LogP contribution in [0.4, 0.5) is 0 Å². The van der Waals surface area contributed by atoms with Crippen LogP contribution in [-0.4, -0.2) is 0 Å². The SMILES string of the molecule is C#CCC/C=C/CCC/C=C/CCC. The zero-order chi connectivity index (χ0) is 10.5. The van der Waals surface area contributed by atoms with E-state index in [-0.39, 0.29) is 0 Å². The molecule has 0 aromatic heterocycles. The standard InChI is InChI=1S/C14H22/c1-3-5-7-9-11-13-14-12-10-8-6-4-2/h1,8-11H,4-7,12-14H2,2H3/b10-8+,11-9+. The minimum absolute atomic E-state index is 0.868. The third-order valence-corrected chi connectivity index (χ3v) is 1.99. The van der Waals surface area contributed by atoms with E-state index >= 15 is 0 Å². The van der Waals surface area contributed by atoms with E-state index in [1.165, 1.54) is 32.1 Å². The quantitative estimate of drug-likeness (QED) is 0.301. The van der Waals surface area contributed by atoms with Gasteiger partial charge in [0.1, 0.15) is 0 Å². The molecule has 0 heteroatoms. The summed E-state index contributed by atoms with van der Waals surface area (Å²) in [6.07, 6.45) is 22.2. The molecule has 0 N–H and O–H groups in total. The zero-order valence-electron chi connectivity index (χ0n) is 9.34. The van der Waals surface area contributed by atoms with Gasteiger partial charge in [0.15, 0.2) is 0 Å². The van der Waals surface area contributed by atoms with Crippen LogP contribution in [0.15, 0.2) is 24.3 Å². The maximum atomic E-state index is 5.14. The highest BCUT2D eigenvalue weighted by Crippen LogP contribution is 2.00. The third-order valence-electron chi connectivity index (χ3n) is 1.99. The predicted octanol–water partition coefficient (Wildman–Crippen LogP) is 4.48. The van der Waals surface area contributed by atoms with Gasteiger partial charge in [-0.3, -0.25) is 0 Å². The summed E-state index contributed by atoms with van der Waals surface area (Å²) < 4.78 is 0. The molecule has 0 amide bonds. The Morgan fingerprint density at radius 1 is 0.929 bits per heavy atom.